The first kappa shape index (κ1) is 20.0. The standard InChI is InChI=1S/C14H18Cl2N2O6/c1-21-10-4-3-9(17-13(19)23-7-5-15)12(22-2)11(10)18-14(20)24-8-6-16/h3-4H,5-8H2,1-2H3,(H,17,19)(H,18,20). The van der Waals surface area contributed by atoms with Gasteiger partial charge in [0.2, 0.25) is 0 Å². The van der Waals surface area contributed by atoms with Gasteiger partial charge in [-0.05, 0) is 12.1 Å². The van der Waals surface area contributed by atoms with Crippen LogP contribution in [0.25, 0.3) is 0 Å². The Morgan fingerprint density at radius 1 is 0.958 bits per heavy atom. The Labute approximate surface area is 149 Å². The van der Waals surface area contributed by atoms with Crippen LogP contribution in [0.1, 0.15) is 0 Å². The van der Waals surface area contributed by atoms with Gasteiger partial charge in [-0.1, -0.05) is 0 Å². The minimum atomic E-state index is -0.742. The molecule has 0 radical (unpaired) electrons. The molecule has 0 bridgehead atoms. The number of amides is 2. The first-order valence-electron chi connectivity index (χ1n) is 6.81. The summed E-state index contributed by atoms with van der Waals surface area (Å²) in [6, 6.07) is 3.08. The van der Waals surface area contributed by atoms with Gasteiger partial charge >= 0.3 is 12.2 Å². The number of methoxy groups -OCH3 is 2. The van der Waals surface area contributed by atoms with Crippen LogP contribution >= 0.6 is 23.2 Å². The van der Waals surface area contributed by atoms with Crippen molar-refractivity contribution in [2.24, 2.45) is 0 Å². The second kappa shape index (κ2) is 10.7. The van der Waals surface area contributed by atoms with Crippen LogP contribution in [-0.2, 0) is 9.47 Å². The molecule has 2 amide bonds. The van der Waals surface area contributed by atoms with Crippen LogP contribution in [0.4, 0.5) is 21.0 Å². The average molecular weight is 381 g/mol. The van der Waals surface area contributed by atoms with E-state index >= 15 is 0 Å². The average Bonchev–Trinajstić information content (AvgIpc) is 2.58. The van der Waals surface area contributed by atoms with Crippen molar-refractivity contribution in [1.29, 1.82) is 0 Å². The van der Waals surface area contributed by atoms with Crippen molar-refractivity contribution >= 4 is 46.8 Å². The van der Waals surface area contributed by atoms with Crippen molar-refractivity contribution in [2.45, 2.75) is 0 Å². The van der Waals surface area contributed by atoms with Crippen LogP contribution in [0.15, 0.2) is 12.1 Å². The second-order valence-electron chi connectivity index (χ2n) is 4.12. The van der Waals surface area contributed by atoms with E-state index in [1.54, 1.807) is 0 Å². The molecule has 1 rings (SSSR count). The second-order valence-corrected chi connectivity index (χ2v) is 4.88. The van der Waals surface area contributed by atoms with Crippen molar-refractivity contribution in [3.63, 3.8) is 0 Å². The smallest absolute Gasteiger partial charge is 0.411 e. The van der Waals surface area contributed by atoms with E-state index in [4.69, 9.17) is 42.1 Å². The number of nitrogens with one attached hydrogen (secondary N) is 2. The maximum absolute atomic E-state index is 11.8. The number of carbonyl (C=O) groups is 2. The van der Waals surface area contributed by atoms with Gasteiger partial charge in [-0.15, -0.1) is 23.2 Å². The van der Waals surface area contributed by atoms with E-state index in [1.165, 1.54) is 26.4 Å². The van der Waals surface area contributed by atoms with Gasteiger partial charge in [-0.3, -0.25) is 10.6 Å². The number of alkyl halides is 2. The Morgan fingerprint density at radius 3 is 2.04 bits per heavy atom. The number of halogens is 2. The highest BCUT2D eigenvalue weighted by molar-refractivity contribution is 6.18. The fourth-order valence-corrected chi connectivity index (χ4v) is 1.86. The number of hydrogen-bond acceptors (Lipinski definition) is 6. The highest BCUT2D eigenvalue weighted by Crippen LogP contribution is 2.40. The largest absolute Gasteiger partial charge is 0.494 e. The molecule has 0 saturated heterocycles. The summed E-state index contributed by atoms with van der Waals surface area (Å²) in [6.45, 7) is 0.0996. The molecular weight excluding hydrogens is 363 g/mol. The lowest BCUT2D eigenvalue weighted by Gasteiger charge is -2.17. The number of hydrogen-bond donors (Lipinski definition) is 2. The highest BCUT2D eigenvalue weighted by Gasteiger charge is 2.19. The molecule has 24 heavy (non-hydrogen) atoms. The van der Waals surface area contributed by atoms with Crippen LogP contribution in [0.5, 0.6) is 11.5 Å². The zero-order valence-corrected chi connectivity index (χ0v) is 14.7. The van der Waals surface area contributed by atoms with Crippen LogP contribution in [0.2, 0.25) is 0 Å². The molecule has 0 aromatic heterocycles. The SMILES string of the molecule is COc1ccc(NC(=O)OCCCl)c(OC)c1NC(=O)OCCCl. The minimum absolute atomic E-state index is 0.0424. The first-order chi connectivity index (χ1) is 11.6. The summed E-state index contributed by atoms with van der Waals surface area (Å²) in [5.74, 6) is 0.816. The van der Waals surface area contributed by atoms with Crippen LogP contribution < -0.4 is 20.1 Å². The molecule has 1 aromatic carbocycles. The maximum atomic E-state index is 11.8. The van der Waals surface area contributed by atoms with Crippen molar-refractivity contribution in [1.82, 2.24) is 0 Å². The van der Waals surface area contributed by atoms with E-state index in [-0.39, 0.29) is 42.1 Å². The molecule has 0 aliphatic carbocycles. The van der Waals surface area contributed by atoms with Crippen LogP contribution in [-0.4, -0.2) is 51.4 Å². The molecule has 1 aromatic rings. The molecule has 0 heterocycles. The van der Waals surface area contributed by atoms with Gasteiger partial charge in [0, 0.05) is 0 Å². The number of ether oxygens (including phenoxy) is 4. The number of rotatable bonds is 8. The predicted molar refractivity (Wildman–Crippen MR) is 90.9 cm³/mol. The summed E-state index contributed by atoms with van der Waals surface area (Å²) in [4.78, 5) is 23.4. The van der Waals surface area contributed by atoms with E-state index in [0.29, 0.717) is 5.75 Å². The Kier molecular flexibility index (Phi) is 8.88. The molecular formula is C14H18Cl2N2O6. The van der Waals surface area contributed by atoms with Crippen molar-refractivity contribution < 1.29 is 28.5 Å². The number of benzene rings is 1. The molecule has 10 heteroatoms. The quantitative estimate of drug-likeness (QED) is 0.671. The van der Waals surface area contributed by atoms with E-state index < -0.39 is 12.2 Å². The Hall–Kier alpha value is -2.06. The Bertz CT molecular complexity index is 570. The van der Waals surface area contributed by atoms with Crippen molar-refractivity contribution in [3.8, 4) is 11.5 Å². The zero-order valence-electron chi connectivity index (χ0n) is 13.2. The summed E-state index contributed by atoms with van der Waals surface area (Å²) >= 11 is 10.9. The topological polar surface area (TPSA) is 95.1 Å². The summed E-state index contributed by atoms with van der Waals surface area (Å²) < 4.78 is 20.1. The summed E-state index contributed by atoms with van der Waals surface area (Å²) in [5.41, 5.74) is 0.459. The third-order valence-electron chi connectivity index (χ3n) is 2.63. The molecule has 0 fully saturated rings. The molecule has 134 valence electrons. The van der Waals surface area contributed by atoms with Gasteiger partial charge in [-0.25, -0.2) is 9.59 Å². The monoisotopic (exact) mass is 380 g/mol. The third kappa shape index (κ3) is 5.86. The fraction of sp³-hybridized carbons (Fsp3) is 0.429. The molecule has 2 N–H and O–H groups in total. The minimum Gasteiger partial charge on any atom is -0.494 e. The molecule has 8 nitrogen and oxygen atoms in total. The van der Waals surface area contributed by atoms with Gasteiger partial charge in [-0.2, -0.15) is 0 Å². The van der Waals surface area contributed by atoms with Crippen LogP contribution in [0, 0.1) is 0 Å². The lowest BCUT2D eigenvalue weighted by atomic mass is 10.2. The Morgan fingerprint density at radius 2 is 1.54 bits per heavy atom. The predicted octanol–water partition coefficient (Wildman–Crippen LogP) is 3.28. The Balaban J connectivity index is 3.03. The molecule has 0 spiro atoms. The lowest BCUT2D eigenvalue weighted by Crippen LogP contribution is -2.18. The summed E-state index contributed by atoms with van der Waals surface area (Å²) in [6.07, 6.45) is -1.45. The van der Waals surface area contributed by atoms with Crippen molar-refractivity contribution in [3.05, 3.63) is 12.1 Å². The van der Waals surface area contributed by atoms with Gasteiger partial charge in [0.15, 0.2) is 5.75 Å². The normalized spacial score (nSPS) is 9.83. The van der Waals surface area contributed by atoms with Crippen LogP contribution in [0.3, 0.4) is 0 Å². The number of carbonyl (C=O) groups excluding carboxylic acids is 2. The molecule has 0 aliphatic rings. The van der Waals surface area contributed by atoms with Gasteiger partial charge in [0.25, 0.3) is 0 Å². The zero-order chi connectivity index (χ0) is 17.9. The molecule has 0 atom stereocenters. The summed E-state index contributed by atoms with van der Waals surface area (Å²) in [5, 5.41) is 4.98. The lowest BCUT2D eigenvalue weighted by molar-refractivity contribution is 0.168. The molecule has 0 saturated carbocycles. The third-order valence-corrected chi connectivity index (χ3v) is 2.94. The highest BCUT2D eigenvalue weighted by atomic mass is 35.5. The van der Waals surface area contributed by atoms with Gasteiger partial charge in [0.05, 0.1) is 31.7 Å². The van der Waals surface area contributed by atoms with Gasteiger partial charge in [0.1, 0.15) is 24.7 Å². The fourth-order valence-electron chi connectivity index (χ4n) is 1.71. The van der Waals surface area contributed by atoms with E-state index in [0.717, 1.165) is 0 Å². The van der Waals surface area contributed by atoms with Crippen molar-refractivity contribution in [2.75, 3.05) is 49.8 Å². The first-order valence-corrected chi connectivity index (χ1v) is 7.88. The van der Waals surface area contributed by atoms with Gasteiger partial charge < -0.3 is 18.9 Å². The number of anilines is 2. The van der Waals surface area contributed by atoms with E-state index in [2.05, 4.69) is 10.6 Å². The van der Waals surface area contributed by atoms with E-state index in [9.17, 15) is 9.59 Å². The molecule has 0 unspecified atom stereocenters. The maximum Gasteiger partial charge on any atom is 0.411 e. The summed E-state index contributed by atoms with van der Waals surface area (Å²) in [7, 11) is 2.80. The molecule has 0 aliphatic heterocycles. The van der Waals surface area contributed by atoms with E-state index in [1.807, 2.05) is 0 Å².